The first-order valence-electron chi connectivity index (χ1n) is 9.34. The van der Waals surface area contributed by atoms with Gasteiger partial charge in [0.2, 0.25) is 0 Å². The van der Waals surface area contributed by atoms with Crippen LogP contribution in [0.5, 0.6) is 0 Å². The molecule has 0 radical (unpaired) electrons. The quantitative estimate of drug-likeness (QED) is 0.213. The van der Waals surface area contributed by atoms with Gasteiger partial charge in [0.1, 0.15) is 0 Å². The number of anilines is 1. The summed E-state index contributed by atoms with van der Waals surface area (Å²) >= 11 is 6.05. The molecule has 6 heteroatoms. The Hall–Kier alpha value is -3.70. The van der Waals surface area contributed by atoms with Crippen LogP contribution in [0.2, 0.25) is 5.02 Å². The van der Waals surface area contributed by atoms with E-state index in [0.717, 1.165) is 27.1 Å². The minimum Gasteiger partial charge on any atom is -0.317 e. The van der Waals surface area contributed by atoms with E-state index < -0.39 is 11.8 Å². The molecule has 0 atom stereocenters. The highest BCUT2D eigenvalue weighted by Crippen LogP contribution is 2.27. The highest BCUT2D eigenvalue weighted by atomic mass is 35.5. The molecule has 0 heterocycles. The van der Waals surface area contributed by atoms with E-state index >= 15 is 0 Å². The zero-order valence-electron chi connectivity index (χ0n) is 16.1. The first-order valence-corrected chi connectivity index (χ1v) is 9.72. The molecule has 0 aliphatic heterocycles. The van der Waals surface area contributed by atoms with Crippen LogP contribution in [-0.2, 0) is 9.59 Å². The monoisotopic (exact) mass is 415 g/mol. The highest BCUT2D eigenvalue weighted by molar-refractivity contribution is 6.40. The van der Waals surface area contributed by atoms with Crippen molar-refractivity contribution in [1.29, 1.82) is 0 Å². The molecule has 4 rings (SSSR count). The molecule has 0 saturated heterocycles. The van der Waals surface area contributed by atoms with Gasteiger partial charge in [-0.3, -0.25) is 9.59 Å². The van der Waals surface area contributed by atoms with E-state index in [-0.39, 0.29) is 0 Å². The molecule has 5 nitrogen and oxygen atoms in total. The Balaban J connectivity index is 1.56. The molecule has 4 aromatic carbocycles. The van der Waals surface area contributed by atoms with Crippen LogP contribution in [0.15, 0.2) is 77.9 Å². The second kappa shape index (κ2) is 8.35. The lowest BCUT2D eigenvalue weighted by Gasteiger charge is -2.09. The number of carbonyl (C=O) groups is 2. The molecular formula is C24H18ClN3O2. The lowest BCUT2D eigenvalue weighted by atomic mass is 9.97. The molecular weight excluding hydrogens is 398 g/mol. The second-order valence-corrected chi connectivity index (χ2v) is 7.21. The van der Waals surface area contributed by atoms with Gasteiger partial charge in [0.05, 0.1) is 6.21 Å². The number of fused-ring (bicyclic) bond motifs is 2. The fourth-order valence-electron chi connectivity index (χ4n) is 3.32. The van der Waals surface area contributed by atoms with E-state index in [1.54, 1.807) is 31.3 Å². The van der Waals surface area contributed by atoms with Crippen LogP contribution >= 0.6 is 11.6 Å². The normalized spacial score (nSPS) is 11.1. The molecule has 0 unspecified atom stereocenters. The van der Waals surface area contributed by atoms with Crippen LogP contribution < -0.4 is 10.7 Å². The molecule has 0 aromatic heterocycles. The van der Waals surface area contributed by atoms with E-state index in [9.17, 15) is 9.59 Å². The van der Waals surface area contributed by atoms with Gasteiger partial charge in [0.15, 0.2) is 0 Å². The third-order valence-electron chi connectivity index (χ3n) is 4.89. The van der Waals surface area contributed by atoms with Gasteiger partial charge in [0.25, 0.3) is 0 Å². The summed E-state index contributed by atoms with van der Waals surface area (Å²) in [7, 11) is 0. The SMILES string of the molecule is Cc1c(Cl)cccc1NC(=O)C(=O)N/N=C\c1c2ccccc2cc2ccccc12. The summed E-state index contributed by atoms with van der Waals surface area (Å²) in [6.45, 7) is 1.76. The summed E-state index contributed by atoms with van der Waals surface area (Å²) in [6, 6.07) is 23.1. The molecule has 2 amide bonds. The summed E-state index contributed by atoms with van der Waals surface area (Å²) in [5.41, 5.74) is 4.34. The molecule has 4 aromatic rings. The zero-order chi connectivity index (χ0) is 21.1. The minimum atomic E-state index is -0.866. The average Bonchev–Trinajstić information content (AvgIpc) is 2.76. The smallest absolute Gasteiger partial charge is 0.317 e. The van der Waals surface area contributed by atoms with E-state index in [4.69, 9.17) is 11.6 Å². The van der Waals surface area contributed by atoms with Gasteiger partial charge in [-0.05, 0) is 52.2 Å². The van der Waals surface area contributed by atoms with Crippen LogP contribution in [0, 0.1) is 6.92 Å². The van der Waals surface area contributed by atoms with Gasteiger partial charge in [-0.2, -0.15) is 5.10 Å². The topological polar surface area (TPSA) is 70.6 Å². The zero-order valence-corrected chi connectivity index (χ0v) is 16.9. The molecule has 0 fully saturated rings. The first kappa shape index (κ1) is 19.6. The highest BCUT2D eigenvalue weighted by Gasteiger charge is 2.15. The molecule has 0 bridgehead atoms. The lowest BCUT2D eigenvalue weighted by molar-refractivity contribution is -0.136. The van der Waals surface area contributed by atoms with Crippen molar-refractivity contribution >= 4 is 56.9 Å². The van der Waals surface area contributed by atoms with Gasteiger partial charge >= 0.3 is 11.8 Å². The number of hydrogen-bond acceptors (Lipinski definition) is 3. The van der Waals surface area contributed by atoms with Crippen LogP contribution in [0.4, 0.5) is 5.69 Å². The lowest BCUT2D eigenvalue weighted by Crippen LogP contribution is -2.32. The number of halogens is 1. The number of nitrogens with zero attached hydrogens (tertiary/aromatic N) is 1. The fraction of sp³-hybridized carbons (Fsp3) is 0.0417. The van der Waals surface area contributed by atoms with Crippen LogP contribution in [0.3, 0.4) is 0 Å². The Bertz CT molecular complexity index is 1260. The van der Waals surface area contributed by atoms with Crippen molar-refractivity contribution in [3.8, 4) is 0 Å². The Kier molecular flexibility index (Phi) is 5.46. The second-order valence-electron chi connectivity index (χ2n) is 6.80. The fourth-order valence-corrected chi connectivity index (χ4v) is 3.49. The minimum absolute atomic E-state index is 0.478. The summed E-state index contributed by atoms with van der Waals surface area (Å²) in [6.07, 6.45) is 1.57. The molecule has 0 saturated carbocycles. The van der Waals surface area contributed by atoms with Gasteiger partial charge in [0, 0.05) is 16.3 Å². The van der Waals surface area contributed by atoms with E-state index in [0.29, 0.717) is 16.3 Å². The Morgan fingerprint density at radius 2 is 1.50 bits per heavy atom. The van der Waals surface area contributed by atoms with Crippen molar-refractivity contribution in [3.63, 3.8) is 0 Å². The summed E-state index contributed by atoms with van der Waals surface area (Å²) < 4.78 is 0. The van der Waals surface area contributed by atoms with Crippen molar-refractivity contribution in [3.05, 3.63) is 88.9 Å². The Labute approximate surface area is 178 Å². The standard InChI is InChI=1S/C24H18ClN3O2/c1-15-21(25)11-6-12-22(15)27-23(29)24(30)28-26-14-20-18-9-4-2-7-16(18)13-17-8-3-5-10-19(17)20/h2-14H,1H3,(H,27,29)(H,28,30)/b26-14-. The predicted molar refractivity (Wildman–Crippen MR) is 122 cm³/mol. The largest absolute Gasteiger partial charge is 0.329 e. The van der Waals surface area contributed by atoms with Crippen LogP contribution in [0.1, 0.15) is 11.1 Å². The van der Waals surface area contributed by atoms with Crippen molar-refractivity contribution in [2.45, 2.75) is 6.92 Å². The van der Waals surface area contributed by atoms with Crippen molar-refractivity contribution in [1.82, 2.24) is 5.43 Å². The number of nitrogens with one attached hydrogen (secondary N) is 2. The number of carbonyl (C=O) groups excluding carboxylic acids is 2. The van der Waals surface area contributed by atoms with E-state index in [1.807, 2.05) is 48.5 Å². The maximum absolute atomic E-state index is 12.2. The molecule has 0 aliphatic carbocycles. The summed E-state index contributed by atoms with van der Waals surface area (Å²) in [5, 5.41) is 11.2. The summed E-state index contributed by atoms with van der Waals surface area (Å²) in [5.74, 6) is -1.68. The molecule has 2 N–H and O–H groups in total. The van der Waals surface area contributed by atoms with Gasteiger partial charge in [-0.25, -0.2) is 5.43 Å². The van der Waals surface area contributed by atoms with Gasteiger partial charge in [-0.1, -0.05) is 66.2 Å². The third kappa shape index (κ3) is 3.88. The molecule has 0 spiro atoms. The molecule has 148 valence electrons. The van der Waals surface area contributed by atoms with Gasteiger partial charge < -0.3 is 5.32 Å². The van der Waals surface area contributed by atoms with E-state index in [2.05, 4.69) is 21.9 Å². The number of benzene rings is 4. The Morgan fingerprint density at radius 1 is 0.867 bits per heavy atom. The number of rotatable bonds is 3. The first-order chi connectivity index (χ1) is 14.5. The van der Waals surface area contributed by atoms with Crippen LogP contribution in [-0.4, -0.2) is 18.0 Å². The number of hydrogen-bond donors (Lipinski definition) is 2. The molecule has 30 heavy (non-hydrogen) atoms. The van der Waals surface area contributed by atoms with Crippen LogP contribution in [0.25, 0.3) is 21.5 Å². The maximum Gasteiger partial charge on any atom is 0.329 e. The molecule has 0 aliphatic rings. The third-order valence-corrected chi connectivity index (χ3v) is 5.30. The Morgan fingerprint density at radius 3 is 2.17 bits per heavy atom. The average molecular weight is 416 g/mol. The number of amides is 2. The van der Waals surface area contributed by atoms with Crippen molar-refractivity contribution in [2.75, 3.05) is 5.32 Å². The summed E-state index contributed by atoms with van der Waals surface area (Å²) in [4.78, 5) is 24.4. The van der Waals surface area contributed by atoms with Crippen molar-refractivity contribution < 1.29 is 9.59 Å². The maximum atomic E-state index is 12.2. The van der Waals surface area contributed by atoms with Crippen molar-refractivity contribution in [2.24, 2.45) is 5.10 Å². The number of hydrazone groups is 1. The van der Waals surface area contributed by atoms with Gasteiger partial charge in [-0.15, -0.1) is 0 Å². The predicted octanol–water partition coefficient (Wildman–Crippen LogP) is 5.04. The van der Waals surface area contributed by atoms with E-state index in [1.165, 1.54) is 0 Å².